The molecule has 0 aliphatic carbocycles. The van der Waals surface area contributed by atoms with Crippen molar-refractivity contribution in [3.8, 4) is 10.6 Å². The highest BCUT2D eigenvalue weighted by atomic mass is 35.5. The van der Waals surface area contributed by atoms with Gasteiger partial charge in [0.2, 0.25) is 5.91 Å². The van der Waals surface area contributed by atoms with Gasteiger partial charge < -0.3 is 9.88 Å². The van der Waals surface area contributed by atoms with Crippen LogP contribution in [-0.2, 0) is 25.4 Å². The Morgan fingerprint density at radius 1 is 1.12 bits per heavy atom. The number of nitrogens with zero attached hydrogens (tertiary/aromatic N) is 5. The van der Waals surface area contributed by atoms with Gasteiger partial charge in [-0.25, -0.2) is 14.8 Å². The van der Waals surface area contributed by atoms with Gasteiger partial charge in [0.15, 0.2) is 5.52 Å². The van der Waals surface area contributed by atoms with E-state index < -0.39 is 11.2 Å². The molecule has 5 aromatic rings. The van der Waals surface area contributed by atoms with Gasteiger partial charge >= 0.3 is 5.69 Å². The van der Waals surface area contributed by atoms with Gasteiger partial charge in [0.25, 0.3) is 5.56 Å². The standard InChI is InChI=1S/C22H17ClN6O3S/c1-27-20-18(21(31)28(2)22(27)32)24-11-29(20)10-17(30)25-15-9-12(7-8-13(15)23)19-26-14-5-3-4-6-16(14)33-19/h3-9,11H,10H2,1-2H3,(H,25,30). The Hall–Kier alpha value is -3.76. The lowest BCUT2D eigenvalue weighted by Crippen LogP contribution is -2.37. The molecule has 1 N–H and O–H groups in total. The Balaban J connectivity index is 1.44. The number of benzene rings is 2. The van der Waals surface area contributed by atoms with Crippen molar-refractivity contribution in [1.29, 1.82) is 0 Å². The van der Waals surface area contributed by atoms with Gasteiger partial charge in [-0.05, 0) is 24.3 Å². The second-order valence-corrected chi connectivity index (χ2v) is 8.92. The molecule has 0 spiro atoms. The maximum atomic E-state index is 12.8. The zero-order chi connectivity index (χ0) is 23.3. The van der Waals surface area contributed by atoms with Crippen LogP contribution >= 0.6 is 22.9 Å². The number of carbonyl (C=O) groups excluding carboxylic acids is 1. The molecular weight excluding hydrogens is 464 g/mol. The molecule has 0 bridgehead atoms. The fraction of sp³-hybridized carbons (Fsp3) is 0.136. The van der Waals surface area contributed by atoms with Gasteiger partial charge in [-0.3, -0.25) is 18.7 Å². The quantitative estimate of drug-likeness (QED) is 0.426. The van der Waals surface area contributed by atoms with E-state index in [2.05, 4.69) is 15.3 Å². The van der Waals surface area contributed by atoms with Gasteiger partial charge in [0.05, 0.1) is 27.3 Å². The van der Waals surface area contributed by atoms with Crippen LogP contribution in [0.5, 0.6) is 0 Å². The number of imidazole rings is 1. The average molecular weight is 481 g/mol. The minimum Gasteiger partial charge on any atom is -0.323 e. The normalized spacial score (nSPS) is 11.4. The number of thiazole rings is 1. The van der Waals surface area contributed by atoms with Crippen molar-refractivity contribution in [1.82, 2.24) is 23.7 Å². The molecule has 0 aliphatic rings. The van der Waals surface area contributed by atoms with Crippen LogP contribution in [0, 0.1) is 0 Å². The van der Waals surface area contributed by atoms with Gasteiger partial charge in [0, 0.05) is 19.7 Å². The predicted octanol–water partition coefficient (Wildman–Crippen LogP) is 3.00. The van der Waals surface area contributed by atoms with Crippen molar-refractivity contribution in [2.24, 2.45) is 14.1 Å². The Bertz CT molecular complexity index is 1650. The minimum atomic E-state index is -0.515. The molecule has 1 amide bonds. The molecule has 11 heteroatoms. The summed E-state index contributed by atoms with van der Waals surface area (Å²) in [4.78, 5) is 46.1. The fourth-order valence-corrected chi connectivity index (χ4v) is 4.78. The Labute approximate surface area is 195 Å². The molecule has 9 nitrogen and oxygen atoms in total. The van der Waals surface area contributed by atoms with Crippen LogP contribution in [-0.4, -0.2) is 29.6 Å². The second-order valence-electron chi connectivity index (χ2n) is 7.48. The Kier molecular flexibility index (Phi) is 5.10. The lowest BCUT2D eigenvalue weighted by Gasteiger charge is -2.11. The summed E-state index contributed by atoms with van der Waals surface area (Å²) >= 11 is 7.88. The fourth-order valence-electron chi connectivity index (χ4n) is 3.65. The molecule has 3 aromatic heterocycles. The Morgan fingerprint density at radius 2 is 1.91 bits per heavy atom. The molecule has 0 unspecified atom stereocenters. The van der Waals surface area contributed by atoms with E-state index in [1.807, 2.05) is 30.3 Å². The first-order valence-corrected chi connectivity index (χ1v) is 11.1. The molecule has 0 atom stereocenters. The van der Waals surface area contributed by atoms with Crippen LogP contribution in [0.2, 0.25) is 5.02 Å². The summed E-state index contributed by atoms with van der Waals surface area (Å²) < 4.78 is 4.79. The lowest BCUT2D eigenvalue weighted by molar-refractivity contribution is -0.116. The van der Waals surface area contributed by atoms with Crippen molar-refractivity contribution >= 4 is 55.9 Å². The van der Waals surface area contributed by atoms with E-state index >= 15 is 0 Å². The van der Waals surface area contributed by atoms with E-state index in [0.717, 1.165) is 25.4 Å². The second kappa shape index (κ2) is 7.98. The van der Waals surface area contributed by atoms with E-state index in [1.54, 1.807) is 23.5 Å². The third kappa shape index (κ3) is 3.62. The molecule has 0 radical (unpaired) electrons. The van der Waals surface area contributed by atoms with Crippen molar-refractivity contribution in [2.75, 3.05) is 5.32 Å². The van der Waals surface area contributed by atoms with Gasteiger partial charge in [-0.15, -0.1) is 11.3 Å². The molecule has 3 heterocycles. The molecule has 33 heavy (non-hydrogen) atoms. The average Bonchev–Trinajstić information content (AvgIpc) is 3.42. The summed E-state index contributed by atoms with van der Waals surface area (Å²) in [7, 11) is 2.91. The lowest BCUT2D eigenvalue weighted by atomic mass is 10.2. The third-order valence-corrected chi connectivity index (χ3v) is 6.72. The number of para-hydroxylation sites is 1. The van der Waals surface area contributed by atoms with E-state index in [-0.39, 0.29) is 23.6 Å². The summed E-state index contributed by atoms with van der Waals surface area (Å²) in [5, 5.41) is 4.00. The molecule has 5 rings (SSSR count). The summed E-state index contributed by atoms with van der Waals surface area (Å²) in [6.07, 6.45) is 1.37. The van der Waals surface area contributed by atoms with Crippen molar-refractivity contribution < 1.29 is 4.79 Å². The number of anilines is 1. The number of hydrogen-bond donors (Lipinski definition) is 1. The molecule has 0 saturated heterocycles. The SMILES string of the molecule is Cn1c(=O)c2ncn(CC(=O)Nc3cc(-c4nc5ccccc5s4)ccc3Cl)c2n(C)c1=O. The zero-order valence-electron chi connectivity index (χ0n) is 17.6. The number of hydrogen-bond acceptors (Lipinski definition) is 6. The first-order valence-electron chi connectivity index (χ1n) is 9.89. The van der Waals surface area contributed by atoms with Gasteiger partial charge in [0.1, 0.15) is 17.2 Å². The largest absolute Gasteiger partial charge is 0.332 e. The highest BCUT2D eigenvalue weighted by Crippen LogP contribution is 2.33. The summed E-state index contributed by atoms with van der Waals surface area (Å²) in [6.45, 7) is -0.154. The van der Waals surface area contributed by atoms with E-state index in [1.165, 1.54) is 29.6 Å². The number of fused-ring (bicyclic) bond motifs is 2. The maximum absolute atomic E-state index is 12.8. The number of carbonyl (C=O) groups is 1. The van der Waals surface area contributed by atoms with Crippen LogP contribution in [0.25, 0.3) is 32.0 Å². The summed E-state index contributed by atoms with van der Waals surface area (Å²) in [5.74, 6) is -0.384. The zero-order valence-corrected chi connectivity index (χ0v) is 19.1. The van der Waals surface area contributed by atoms with Gasteiger partial charge in [-0.2, -0.15) is 0 Å². The molecule has 0 saturated carbocycles. The van der Waals surface area contributed by atoms with Gasteiger partial charge in [-0.1, -0.05) is 29.8 Å². The van der Waals surface area contributed by atoms with Crippen LogP contribution in [0.15, 0.2) is 58.4 Å². The maximum Gasteiger partial charge on any atom is 0.332 e. The summed E-state index contributed by atoms with van der Waals surface area (Å²) in [5.41, 5.74) is 1.54. The Morgan fingerprint density at radius 3 is 2.70 bits per heavy atom. The highest BCUT2D eigenvalue weighted by molar-refractivity contribution is 7.21. The van der Waals surface area contributed by atoms with Crippen LogP contribution in [0.1, 0.15) is 0 Å². The van der Waals surface area contributed by atoms with Crippen molar-refractivity contribution in [3.05, 3.63) is 74.7 Å². The van der Waals surface area contributed by atoms with Crippen LogP contribution in [0.3, 0.4) is 0 Å². The van der Waals surface area contributed by atoms with Crippen LogP contribution < -0.4 is 16.6 Å². The number of rotatable bonds is 4. The number of amides is 1. The minimum absolute atomic E-state index is 0.114. The molecular formula is C22H17ClN6O3S. The number of aromatic nitrogens is 5. The first-order chi connectivity index (χ1) is 15.8. The smallest absolute Gasteiger partial charge is 0.323 e. The van der Waals surface area contributed by atoms with E-state index in [9.17, 15) is 14.4 Å². The topological polar surface area (TPSA) is 104 Å². The summed E-state index contributed by atoms with van der Waals surface area (Å²) in [6, 6.07) is 13.2. The predicted molar refractivity (Wildman–Crippen MR) is 129 cm³/mol. The van der Waals surface area contributed by atoms with E-state index in [0.29, 0.717) is 10.7 Å². The molecule has 0 fully saturated rings. The highest BCUT2D eigenvalue weighted by Gasteiger charge is 2.17. The van der Waals surface area contributed by atoms with E-state index in [4.69, 9.17) is 11.6 Å². The van der Waals surface area contributed by atoms with Crippen molar-refractivity contribution in [2.45, 2.75) is 6.54 Å². The molecule has 0 aliphatic heterocycles. The van der Waals surface area contributed by atoms with Crippen molar-refractivity contribution in [3.63, 3.8) is 0 Å². The molecule has 2 aromatic carbocycles. The number of aryl methyl sites for hydroxylation is 1. The number of nitrogens with one attached hydrogen (secondary N) is 1. The number of halogens is 1. The third-order valence-electron chi connectivity index (χ3n) is 5.30. The van der Waals surface area contributed by atoms with Crippen LogP contribution in [0.4, 0.5) is 5.69 Å². The first kappa shape index (κ1) is 21.1. The monoisotopic (exact) mass is 480 g/mol. The molecule has 166 valence electrons.